The monoisotopic (exact) mass is 336 g/mol. The Morgan fingerprint density at radius 3 is 2.44 bits per heavy atom. The third kappa shape index (κ3) is 3.94. The van der Waals surface area contributed by atoms with Gasteiger partial charge in [0.2, 0.25) is 0 Å². The van der Waals surface area contributed by atoms with Gasteiger partial charge in [-0.3, -0.25) is 9.80 Å². The molecule has 1 fully saturated rings. The molecular weight excluding hydrogens is 308 g/mol. The molecule has 1 aliphatic rings. The number of phenolic OH excluding ortho intramolecular Hbond substituents is 1. The van der Waals surface area contributed by atoms with E-state index < -0.39 is 0 Å². The van der Waals surface area contributed by atoms with Crippen molar-refractivity contribution in [1.29, 1.82) is 0 Å². The Bertz CT molecular complexity index is 700. The molecule has 3 atom stereocenters. The van der Waals surface area contributed by atoms with Gasteiger partial charge in [-0.2, -0.15) is 0 Å². The van der Waals surface area contributed by atoms with Crippen LogP contribution in [0.2, 0.25) is 0 Å². The zero-order chi connectivity index (χ0) is 17.8. The van der Waals surface area contributed by atoms with E-state index in [2.05, 4.69) is 66.6 Å². The Morgan fingerprint density at radius 1 is 1.04 bits per heavy atom. The Kier molecular flexibility index (Phi) is 5.57. The van der Waals surface area contributed by atoms with Crippen LogP contribution in [-0.4, -0.2) is 46.6 Å². The number of nitrogens with zero attached hydrogens (tertiary/aromatic N) is 2. The number of hydrogen-bond acceptors (Lipinski definition) is 3. The summed E-state index contributed by atoms with van der Waals surface area (Å²) >= 11 is 0. The summed E-state index contributed by atoms with van der Waals surface area (Å²) in [5.41, 5.74) is 2.41. The van der Waals surface area contributed by atoms with Crippen LogP contribution >= 0.6 is 0 Å². The van der Waals surface area contributed by atoms with Crippen LogP contribution in [0.25, 0.3) is 0 Å². The summed E-state index contributed by atoms with van der Waals surface area (Å²) in [5, 5.41) is 10.00. The predicted octanol–water partition coefficient (Wildman–Crippen LogP) is 4.06. The Balaban J connectivity index is 1.96. The molecule has 0 amide bonds. The molecule has 1 N–H and O–H groups in total. The van der Waals surface area contributed by atoms with Gasteiger partial charge < -0.3 is 5.11 Å². The second-order valence-corrected chi connectivity index (χ2v) is 7.05. The number of aromatic hydroxyl groups is 1. The third-order valence-electron chi connectivity index (χ3n) is 5.16. The van der Waals surface area contributed by atoms with Crippen molar-refractivity contribution in [1.82, 2.24) is 9.80 Å². The first-order valence-electron chi connectivity index (χ1n) is 9.04. The van der Waals surface area contributed by atoms with Gasteiger partial charge in [0.15, 0.2) is 0 Å². The molecule has 0 bridgehead atoms. The fourth-order valence-corrected chi connectivity index (χ4v) is 3.91. The number of benzene rings is 2. The molecule has 25 heavy (non-hydrogen) atoms. The summed E-state index contributed by atoms with van der Waals surface area (Å²) in [4.78, 5) is 5.05. The molecule has 3 heteroatoms. The lowest BCUT2D eigenvalue weighted by Crippen LogP contribution is -2.57. The lowest BCUT2D eigenvalue weighted by molar-refractivity contribution is 0.0306. The highest BCUT2D eigenvalue weighted by atomic mass is 16.3. The molecule has 3 nitrogen and oxygen atoms in total. The summed E-state index contributed by atoms with van der Waals surface area (Å²) in [7, 11) is 0. The van der Waals surface area contributed by atoms with Crippen LogP contribution in [0.3, 0.4) is 0 Å². The Labute approximate surface area is 151 Å². The molecule has 3 rings (SSSR count). The van der Waals surface area contributed by atoms with Crippen LogP contribution in [-0.2, 0) is 0 Å². The summed E-state index contributed by atoms with van der Waals surface area (Å²) in [6.07, 6.45) is 1.99. The fourth-order valence-electron chi connectivity index (χ4n) is 3.91. The standard InChI is InChI=1S/C22H28N2O/c1-4-13-23-15-18(3)24(16-17(23)2)22(19-9-6-5-7-10-19)20-11-8-12-21(25)14-20/h4-12,14,17-18,22,25H,1,13,15-16H2,2-3H3/t17-,18-,22-/m0/s1. The van der Waals surface area contributed by atoms with E-state index in [0.717, 1.165) is 25.2 Å². The molecule has 1 heterocycles. The first-order chi connectivity index (χ1) is 12.1. The van der Waals surface area contributed by atoms with Gasteiger partial charge in [-0.25, -0.2) is 0 Å². The topological polar surface area (TPSA) is 26.7 Å². The molecule has 0 spiro atoms. The van der Waals surface area contributed by atoms with Crippen molar-refractivity contribution in [3.8, 4) is 5.75 Å². The van der Waals surface area contributed by atoms with Crippen molar-refractivity contribution in [2.24, 2.45) is 0 Å². The van der Waals surface area contributed by atoms with Crippen LogP contribution in [0.5, 0.6) is 5.75 Å². The van der Waals surface area contributed by atoms with Gasteiger partial charge in [0, 0.05) is 31.7 Å². The SMILES string of the molecule is C=CCN1C[C@H](C)N([C@@H](c2ccccc2)c2cccc(O)c2)C[C@@H]1C. The quantitative estimate of drug-likeness (QED) is 0.834. The van der Waals surface area contributed by atoms with E-state index in [1.54, 1.807) is 6.07 Å². The Morgan fingerprint density at radius 2 is 1.76 bits per heavy atom. The lowest BCUT2D eigenvalue weighted by Gasteiger charge is -2.47. The van der Waals surface area contributed by atoms with E-state index in [0.29, 0.717) is 17.8 Å². The van der Waals surface area contributed by atoms with E-state index in [-0.39, 0.29) is 6.04 Å². The smallest absolute Gasteiger partial charge is 0.115 e. The van der Waals surface area contributed by atoms with Crippen molar-refractivity contribution in [2.45, 2.75) is 32.0 Å². The maximum Gasteiger partial charge on any atom is 0.115 e. The molecule has 1 aliphatic heterocycles. The van der Waals surface area contributed by atoms with E-state index in [1.165, 1.54) is 5.56 Å². The van der Waals surface area contributed by atoms with Crippen molar-refractivity contribution >= 4 is 0 Å². The molecular formula is C22H28N2O. The highest BCUT2D eigenvalue weighted by Gasteiger charge is 2.34. The van der Waals surface area contributed by atoms with Crippen molar-refractivity contribution < 1.29 is 5.11 Å². The van der Waals surface area contributed by atoms with E-state index >= 15 is 0 Å². The highest BCUT2D eigenvalue weighted by Crippen LogP contribution is 2.34. The van der Waals surface area contributed by atoms with Crippen LogP contribution < -0.4 is 0 Å². The summed E-state index contributed by atoms with van der Waals surface area (Å²) in [5.74, 6) is 0.324. The van der Waals surface area contributed by atoms with Gasteiger partial charge in [-0.15, -0.1) is 6.58 Å². The molecule has 2 aromatic rings. The molecule has 0 radical (unpaired) electrons. The van der Waals surface area contributed by atoms with Crippen molar-refractivity contribution in [3.05, 3.63) is 78.4 Å². The van der Waals surface area contributed by atoms with Gasteiger partial charge in [0.25, 0.3) is 0 Å². The van der Waals surface area contributed by atoms with Gasteiger partial charge >= 0.3 is 0 Å². The molecule has 0 aliphatic carbocycles. The molecule has 2 aromatic carbocycles. The predicted molar refractivity (Wildman–Crippen MR) is 104 cm³/mol. The maximum atomic E-state index is 10.00. The van der Waals surface area contributed by atoms with Crippen LogP contribution in [0.1, 0.15) is 31.0 Å². The lowest BCUT2D eigenvalue weighted by atomic mass is 9.93. The summed E-state index contributed by atoms with van der Waals surface area (Å²) in [6.45, 7) is 11.4. The molecule has 0 unspecified atom stereocenters. The zero-order valence-electron chi connectivity index (χ0n) is 15.2. The zero-order valence-corrected chi connectivity index (χ0v) is 15.2. The van der Waals surface area contributed by atoms with Gasteiger partial charge in [0.1, 0.15) is 5.75 Å². The van der Waals surface area contributed by atoms with Gasteiger partial charge in [0.05, 0.1) is 6.04 Å². The van der Waals surface area contributed by atoms with E-state index in [4.69, 9.17) is 0 Å². The number of hydrogen-bond donors (Lipinski definition) is 1. The minimum Gasteiger partial charge on any atom is -0.508 e. The second kappa shape index (κ2) is 7.85. The Hall–Kier alpha value is -2.10. The van der Waals surface area contributed by atoms with Crippen LogP contribution in [0.4, 0.5) is 0 Å². The first kappa shape index (κ1) is 17.7. The first-order valence-corrected chi connectivity index (χ1v) is 9.04. The van der Waals surface area contributed by atoms with Gasteiger partial charge in [-0.05, 0) is 37.1 Å². The summed E-state index contributed by atoms with van der Waals surface area (Å²) in [6, 6.07) is 19.3. The molecule has 0 aromatic heterocycles. The highest BCUT2D eigenvalue weighted by molar-refractivity contribution is 5.36. The molecule has 132 valence electrons. The fraction of sp³-hybridized carbons (Fsp3) is 0.364. The summed E-state index contributed by atoms with van der Waals surface area (Å²) < 4.78 is 0. The minimum atomic E-state index is 0.150. The number of phenols is 1. The number of piperazine rings is 1. The average Bonchev–Trinajstić information content (AvgIpc) is 2.60. The normalized spacial score (nSPS) is 23.3. The van der Waals surface area contributed by atoms with E-state index in [9.17, 15) is 5.11 Å². The van der Waals surface area contributed by atoms with Crippen LogP contribution in [0, 0.1) is 0 Å². The van der Waals surface area contributed by atoms with Crippen molar-refractivity contribution in [2.75, 3.05) is 19.6 Å². The average molecular weight is 336 g/mol. The van der Waals surface area contributed by atoms with Gasteiger partial charge in [-0.1, -0.05) is 48.5 Å². The minimum absolute atomic E-state index is 0.150. The maximum absolute atomic E-state index is 10.00. The molecule has 1 saturated heterocycles. The van der Waals surface area contributed by atoms with E-state index in [1.807, 2.05) is 18.2 Å². The molecule has 0 saturated carbocycles. The largest absolute Gasteiger partial charge is 0.508 e. The second-order valence-electron chi connectivity index (χ2n) is 7.05. The number of rotatable bonds is 5. The van der Waals surface area contributed by atoms with Crippen molar-refractivity contribution in [3.63, 3.8) is 0 Å². The third-order valence-corrected chi connectivity index (χ3v) is 5.16. The van der Waals surface area contributed by atoms with Crippen LogP contribution in [0.15, 0.2) is 67.3 Å².